The Morgan fingerprint density at radius 2 is 1.70 bits per heavy atom. The van der Waals surface area contributed by atoms with E-state index in [0.29, 0.717) is 37.0 Å². The number of nitrogens with zero attached hydrogens (tertiary/aromatic N) is 4. The molecule has 5 rings (SSSR count). The van der Waals surface area contributed by atoms with Crippen LogP contribution in [0, 0.1) is 18.8 Å². The number of hydrogen-bond donors (Lipinski definition) is 1. The van der Waals surface area contributed by atoms with Gasteiger partial charge in [0.1, 0.15) is 5.69 Å². The third-order valence-corrected chi connectivity index (χ3v) is 8.09. The molecule has 4 heterocycles. The Morgan fingerprint density at radius 3 is 2.35 bits per heavy atom. The van der Waals surface area contributed by atoms with Crippen molar-refractivity contribution < 1.29 is 18.0 Å². The number of benzene rings is 1. The maximum Gasteiger partial charge on any atom is 0.433 e. The number of aryl methyl sites for hydroxylation is 1. The van der Waals surface area contributed by atoms with Crippen LogP contribution in [0.3, 0.4) is 0 Å². The third kappa shape index (κ3) is 6.37. The van der Waals surface area contributed by atoms with E-state index in [0.717, 1.165) is 58.1 Å². The van der Waals surface area contributed by atoms with Crippen molar-refractivity contribution in [3.63, 3.8) is 0 Å². The number of nitrogens with one attached hydrogen (secondary N) is 1. The summed E-state index contributed by atoms with van der Waals surface area (Å²) >= 11 is 0. The monoisotopic (exact) mass is 515 g/mol. The highest BCUT2D eigenvalue weighted by Gasteiger charge is 2.39. The molecule has 0 saturated carbocycles. The molecule has 200 valence electrons. The topological polar surface area (TPSA) is 51.7 Å². The number of hydrogen-bond acceptors (Lipinski definition) is 5. The predicted octanol–water partition coefficient (Wildman–Crippen LogP) is 4.66. The molecule has 1 aromatic heterocycles. The number of rotatable bonds is 7. The summed E-state index contributed by atoms with van der Waals surface area (Å²) in [5, 5.41) is 3.18. The molecular weight excluding hydrogens is 479 g/mol. The fourth-order valence-electron chi connectivity index (χ4n) is 6.04. The summed E-state index contributed by atoms with van der Waals surface area (Å²) in [5.41, 5.74) is 2.14. The van der Waals surface area contributed by atoms with Gasteiger partial charge in [-0.05, 0) is 68.8 Å². The standard InChI is InChI=1S/C28H36F3N5O/c1-20-4-6-25(7-5-20)36-18-21-16-34(17-22(21)19-36)12-2-3-27(37)35-13-9-23(10-14-35)33-24-8-11-32-26(15-24)28(29,30)31/h4-8,11,15,21-23H,2-3,9-10,12-14,16-19H2,1H3,(H,32,33). The largest absolute Gasteiger partial charge is 0.433 e. The van der Waals surface area contributed by atoms with Crippen molar-refractivity contribution in [3.05, 3.63) is 53.9 Å². The number of pyridine rings is 1. The Labute approximate surface area is 216 Å². The van der Waals surface area contributed by atoms with Crippen molar-refractivity contribution in [2.75, 3.05) is 56.0 Å². The zero-order valence-electron chi connectivity index (χ0n) is 21.4. The van der Waals surface area contributed by atoms with Crippen LogP contribution in [0.4, 0.5) is 24.5 Å². The fourth-order valence-corrected chi connectivity index (χ4v) is 6.04. The number of anilines is 2. The first-order valence-corrected chi connectivity index (χ1v) is 13.4. The van der Waals surface area contributed by atoms with Crippen LogP contribution < -0.4 is 10.2 Å². The van der Waals surface area contributed by atoms with Gasteiger partial charge in [0.05, 0.1) is 0 Å². The van der Waals surface area contributed by atoms with Gasteiger partial charge in [0.15, 0.2) is 0 Å². The Balaban J connectivity index is 0.993. The molecule has 2 unspecified atom stereocenters. The number of aromatic nitrogens is 1. The Kier molecular flexibility index (Phi) is 7.60. The first-order chi connectivity index (χ1) is 17.7. The van der Waals surface area contributed by atoms with Crippen molar-refractivity contribution >= 4 is 17.3 Å². The Morgan fingerprint density at radius 1 is 1.03 bits per heavy atom. The average molecular weight is 516 g/mol. The molecule has 1 amide bonds. The first kappa shape index (κ1) is 25.8. The summed E-state index contributed by atoms with van der Waals surface area (Å²) in [4.78, 5) is 23.1. The van der Waals surface area contributed by atoms with E-state index in [2.05, 4.69) is 51.3 Å². The lowest BCUT2D eigenvalue weighted by atomic mass is 10.0. The summed E-state index contributed by atoms with van der Waals surface area (Å²) in [6, 6.07) is 11.5. The maximum absolute atomic E-state index is 12.9. The number of carbonyl (C=O) groups is 1. The molecule has 3 saturated heterocycles. The third-order valence-electron chi connectivity index (χ3n) is 8.09. The maximum atomic E-state index is 12.9. The second-order valence-corrected chi connectivity index (χ2v) is 10.9. The molecule has 3 aliphatic rings. The van der Waals surface area contributed by atoms with Gasteiger partial charge in [-0.2, -0.15) is 13.2 Å². The molecule has 2 atom stereocenters. The van der Waals surface area contributed by atoms with Crippen LogP contribution in [0.25, 0.3) is 0 Å². The van der Waals surface area contributed by atoms with E-state index in [4.69, 9.17) is 0 Å². The summed E-state index contributed by atoms with van der Waals surface area (Å²) in [7, 11) is 0. The number of alkyl halides is 3. The van der Waals surface area contributed by atoms with Gasteiger partial charge in [-0.1, -0.05) is 17.7 Å². The molecule has 1 N–H and O–H groups in total. The van der Waals surface area contributed by atoms with Gasteiger partial charge in [-0.25, -0.2) is 0 Å². The zero-order valence-corrected chi connectivity index (χ0v) is 21.4. The van der Waals surface area contributed by atoms with Crippen LogP contribution in [-0.2, 0) is 11.0 Å². The lowest BCUT2D eigenvalue weighted by Gasteiger charge is -2.33. The predicted molar refractivity (Wildman–Crippen MR) is 139 cm³/mol. The van der Waals surface area contributed by atoms with Crippen LogP contribution in [0.2, 0.25) is 0 Å². The highest BCUT2D eigenvalue weighted by Crippen LogP contribution is 2.34. The van der Waals surface area contributed by atoms with Crippen LogP contribution in [0.5, 0.6) is 0 Å². The first-order valence-electron chi connectivity index (χ1n) is 13.4. The van der Waals surface area contributed by atoms with E-state index < -0.39 is 11.9 Å². The molecule has 37 heavy (non-hydrogen) atoms. The summed E-state index contributed by atoms with van der Waals surface area (Å²) in [5.74, 6) is 1.60. The highest BCUT2D eigenvalue weighted by atomic mass is 19.4. The average Bonchev–Trinajstić information content (AvgIpc) is 3.44. The summed E-state index contributed by atoms with van der Waals surface area (Å²) < 4.78 is 38.7. The van der Waals surface area contributed by atoms with Gasteiger partial charge in [-0.3, -0.25) is 9.78 Å². The van der Waals surface area contributed by atoms with Crippen LogP contribution in [-0.4, -0.2) is 72.5 Å². The molecule has 0 aliphatic carbocycles. The molecule has 3 fully saturated rings. The van der Waals surface area contributed by atoms with Crippen molar-refractivity contribution in [2.24, 2.45) is 11.8 Å². The molecule has 6 nitrogen and oxygen atoms in total. The minimum atomic E-state index is -4.46. The highest BCUT2D eigenvalue weighted by molar-refractivity contribution is 5.76. The quantitative estimate of drug-likeness (QED) is 0.582. The molecule has 2 aromatic rings. The van der Waals surface area contributed by atoms with E-state index in [1.54, 1.807) is 6.07 Å². The van der Waals surface area contributed by atoms with Gasteiger partial charge >= 0.3 is 6.18 Å². The van der Waals surface area contributed by atoms with E-state index in [9.17, 15) is 18.0 Å². The molecule has 9 heteroatoms. The van der Waals surface area contributed by atoms with Crippen molar-refractivity contribution in [3.8, 4) is 0 Å². The van der Waals surface area contributed by atoms with Gasteiger partial charge in [0.2, 0.25) is 5.91 Å². The minimum Gasteiger partial charge on any atom is -0.382 e. The minimum absolute atomic E-state index is 0.0519. The van der Waals surface area contributed by atoms with E-state index in [1.165, 1.54) is 17.4 Å². The van der Waals surface area contributed by atoms with Gasteiger partial charge in [0.25, 0.3) is 0 Å². The molecular formula is C28H36F3N5O. The zero-order chi connectivity index (χ0) is 26.0. The number of carbonyl (C=O) groups excluding carboxylic acids is 1. The number of amides is 1. The van der Waals surface area contributed by atoms with Gasteiger partial charge in [-0.15, -0.1) is 0 Å². The normalized spacial score (nSPS) is 22.9. The molecule has 0 bridgehead atoms. The van der Waals surface area contributed by atoms with Crippen LogP contribution in [0.1, 0.15) is 36.9 Å². The molecule has 0 radical (unpaired) electrons. The van der Waals surface area contributed by atoms with E-state index >= 15 is 0 Å². The lowest BCUT2D eigenvalue weighted by molar-refractivity contribution is -0.141. The molecule has 1 aromatic carbocycles. The SMILES string of the molecule is Cc1ccc(N2CC3CN(CCCC(=O)N4CCC(Nc5ccnc(C(F)(F)F)c5)CC4)CC3C2)cc1. The second-order valence-electron chi connectivity index (χ2n) is 10.9. The Hall–Kier alpha value is -2.81. The summed E-state index contributed by atoms with van der Waals surface area (Å²) in [6.07, 6.45) is -0.403. The van der Waals surface area contributed by atoms with E-state index in [1.807, 2.05) is 4.90 Å². The molecule has 3 aliphatic heterocycles. The fraction of sp³-hybridized carbons (Fsp3) is 0.571. The molecule has 0 spiro atoms. The lowest BCUT2D eigenvalue weighted by Crippen LogP contribution is -2.42. The number of halogens is 3. The van der Waals surface area contributed by atoms with E-state index in [-0.39, 0.29) is 11.9 Å². The Bertz CT molecular complexity index is 1050. The van der Waals surface area contributed by atoms with Gasteiger partial charge < -0.3 is 20.0 Å². The number of fused-ring (bicyclic) bond motifs is 1. The summed E-state index contributed by atoms with van der Waals surface area (Å²) in [6.45, 7) is 8.81. The van der Waals surface area contributed by atoms with Crippen LogP contribution >= 0.6 is 0 Å². The number of piperidine rings is 1. The van der Waals surface area contributed by atoms with Gasteiger partial charge in [0, 0.05) is 69.3 Å². The number of likely N-dealkylation sites (tertiary alicyclic amines) is 2. The van der Waals surface area contributed by atoms with Crippen molar-refractivity contribution in [1.82, 2.24) is 14.8 Å². The van der Waals surface area contributed by atoms with Crippen molar-refractivity contribution in [1.29, 1.82) is 0 Å². The smallest absolute Gasteiger partial charge is 0.382 e. The van der Waals surface area contributed by atoms with Crippen LogP contribution in [0.15, 0.2) is 42.6 Å². The second kappa shape index (κ2) is 10.9. The van der Waals surface area contributed by atoms with Crippen molar-refractivity contribution in [2.45, 2.75) is 44.8 Å².